The number of hydrogen-bond acceptors (Lipinski definition) is 4. The first-order valence-corrected chi connectivity index (χ1v) is 8.28. The second-order valence-corrected chi connectivity index (χ2v) is 5.72. The molecule has 0 aliphatic heterocycles. The van der Waals surface area contributed by atoms with Gasteiger partial charge in [0.05, 0.1) is 24.4 Å². The Kier molecular flexibility index (Phi) is 6.74. The van der Waals surface area contributed by atoms with Crippen LogP contribution in [0.2, 0.25) is 5.02 Å². The maximum Gasteiger partial charge on any atom is 0.179 e. The highest BCUT2D eigenvalue weighted by molar-refractivity contribution is 6.32. The number of ether oxygens (including phenoxy) is 2. The van der Waals surface area contributed by atoms with Crippen LogP contribution in [-0.4, -0.2) is 23.0 Å². The molecule has 2 rings (SSSR count). The van der Waals surface area contributed by atoms with Gasteiger partial charge in [0.25, 0.3) is 0 Å². The molecule has 5 nitrogen and oxygen atoms in total. The van der Waals surface area contributed by atoms with Gasteiger partial charge in [-0.25, -0.2) is 0 Å². The molecule has 1 heterocycles. The van der Waals surface area contributed by atoms with E-state index in [2.05, 4.69) is 17.3 Å². The van der Waals surface area contributed by atoms with E-state index in [1.807, 2.05) is 38.5 Å². The number of aryl methyl sites for hydroxylation is 1. The maximum absolute atomic E-state index is 6.36. The summed E-state index contributed by atoms with van der Waals surface area (Å²) in [7, 11) is 1.91. The molecule has 126 valence electrons. The molecule has 0 unspecified atom stereocenters. The van der Waals surface area contributed by atoms with E-state index in [-0.39, 0.29) is 0 Å². The molecule has 0 saturated heterocycles. The molecule has 0 radical (unpaired) electrons. The molecule has 23 heavy (non-hydrogen) atoms. The molecule has 1 aromatic carbocycles. The quantitative estimate of drug-likeness (QED) is 0.760. The largest absolute Gasteiger partial charge is 0.490 e. The van der Waals surface area contributed by atoms with Crippen molar-refractivity contribution < 1.29 is 9.47 Å². The van der Waals surface area contributed by atoms with E-state index in [4.69, 9.17) is 21.1 Å². The number of hydrogen-bond donors (Lipinski definition) is 1. The first-order valence-electron chi connectivity index (χ1n) is 7.90. The summed E-state index contributed by atoms with van der Waals surface area (Å²) in [5.41, 5.74) is 2.21. The minimum absolute atomic E-state index is 0.575. The second kappa shape index (κ2) is 8.79. The van der Waals surface area contributed by atoms with Crippen molar-refractivity contribution in [3.63, 3.8) is 0 Å². The highest BCUT2D eigenvalue weighted by Gasteiger charge is 2.12. The fourth-order valence-corrected chi connectivity index (χ4v) is 2.53. The number of benzene rings is 1. The number of nitrogens with zero attached hydrogens (tertiary/aromatic N) is 2. The highest BCUT2D eigenvalue weighted by atomic mass is 35.5. The van der Waals surface area contributed by atoms with Gasteiger partial charge in [0.1, 0.15) is 0 Å². The number of halogens is 1. The van der Waals surface area contributed by atoms with Crippen molar-refractivity contribution in [3.05, 3.63) is 40.7 Å². The topological polar surface area (TPSA) is 48.3 Å². The predicted octanol–water partition coefficient (Wildman–Crippen LogP) is 3.55. The monoisotopic (exact) mass is 337 g/mol. The predicted molar refractivity (Wildman–Crippen MR) is 92.2 cm³/mol. The Labute approximate surface area is 142 Å². The summed E-state index contributed by atoms with van der Waals surface area (Å²) in [5, 5.41) is 8.12. The first-order chi connectivity index (χ1) is 11.1. The standard InChI is InChI=1S/C17H24ClN3O2/c1-4-6-23-17-15(18)7-13(8-16(17)22-5-2)9-19-10-14-11-20-21(3)12-14/h7-8,11-12,19H,4-6,9-10H2,1-3H3. The Morgan fingerprint density at radius 1 is 1.17 bits per heavy atom. The Morgan fingerprint density at radius 2 is 1.96 bits per heavy atom. The Balaban J connectivity index is 2.03. The Bertz CT molecular complexity index is 628. The summed E-state index contributed by atoms with van der Waals surface area (Å²) in [6, 6.07) is 3.90. The molecule has 0 bridgehead atoms. The van der Waals surface area contributed by atoms with Gasteiger partial charge in [0.2, 0.25) is 0 Å². The average molecular weight is 338 g/mol. The zero-order valence-electron chi connectivity index (χ0n) is 13.9. The van der Waals surface area contributed by atoms with Gasteiger partial charge in [-0.3, -0.25) is 4.68 Å². The van der Waals surface area contributed by atoms with Crippen LogP contribution in [-0.2, 0) is 20.1 Å². The number of nitrogens with one attached hydrogen (secondary N) is 1. The van der Waals surface area contributed by atoms with Gasteiger partial charge in [-0.2, -0.15) is 5.10 Å². The van der Waals surface area contributed by atoms with Crippen LogP contribution in [0.5, 0.6) is 11.5 Å². The lowest BCUT2D eigenvalue weighted by Gasteiger charge is -2.15. The molecule has 2 aromatic rings. The van der Waals surface area contributed by atoms with Crippen molar-refractivity contribution in [2.24, 2.45) is 7.05 Å². The minimum atomic E-state index is 0.575. The SMILES string of the molecule is CCCOc1c(Cl)cc(CNCc2cnn(C)c2)cc1OCC. The van der Waals surface area contributed by atoms with Gasteiger partial charge in [0.15, 0.2) is 11.5 Å². The summed E-state index contributed by atoms with van der Waals surface area (Å²) in [4.78, 5) is 0. The molecule has 0 amide bonds. The van der Waals surface area contributed by atoms with Crippen LogP contribution in [0.3, 0.4) is 0 Å². The lowest BCUT2D eigenvalue weighted by molar-refractivity contribution is 0.277. The van der Waals surface area contributed by atoms with Gasteiger partial charge in [0, 0.05) is 31.9 Å². The van der Waals surface area contributed by atoms with E-state index in [0.29, 0.717) is 36.3 Å². The van der Waals surface area contributed by atoms with Crippen LogP contribution in [0.1, 0.15) is 31.4 Å². The van der Waals surface area contributed by atoms with E-state index in [0.717, 1.165) is 24.1 Å². The normalized spacial score (nSPS) is 10.8. The third-order valence-corrected chi connectivity index (χ3v) is 3.52. The molecule has 0 saturated carbocycles. The Morgan fingerprint density at radius 3 is 2.61 bits per heavy atom. The molecule has 0 atom stereocenters. The molecular formula is C17H24ClN3O2. The van der Waals surface area contributed by atoms with E-state index in [1.165, 1.54) is 0 Å². The third-order valence-electron chi connectivity index (χ3n) is 3.24. The van der Waals surface area contributed by atoms with Crippen LogP contribution in [0.4, 0.5) is 0 Å². The van der Waals surface area contributed by atoms with Crippen molar-refractivity contribution in [2.45, 2.75) is 33.4 Å². The van der Waals surface area contributed by atoms with Crippen molar-refractivity contribution in [1.29, 1.82) is 0 Å². The van der Waals surface area contributed by atoms with E-state index >= 15 is 0 Å². The van der Waals surface area contributed by atoms with E-state index in [1.54, 1.807) is 4.68 Å². The summed E-state index contributed by atoms with van der Waals surface area (Å²) in [5.74, 6) is 1.33. The van der Waals surface area contributed by atoms with Crippen LogP contribution < -0.4 is 14.8 Å². The average Bonchev–Trinajstić information content (AvgIpc) is 2.92. The smallest absolute Gasteiger partial charge is 0.179 e. The first kappa shape index (κ1) is 17.6. The third kappa shape index (κ3) is 5.15. The van der Waals surface area contributed by atoms with E-state index < -0.39 is 0 Å². The fourth-order valence-electron chi connectivity index (χ4n) is 2.24. The van der Waals surface area contributed by atoms with Crippen molar-refractivity contribution in [3.8, 4) is 11.5 Å². The van der Waals surface area contributed by atoms with Crippen molar-refractivity contribution in [2.75, 3.05) is 13.2 Å². The zero-order valence-corrected chi connectivity index (χ0v) is 14.7. The number of rotatable bonds is 9. The zero-order chi connectivity index (χ0) is 16.7. The van der Waals surface area contributed by atoms with Gasteiger partial charge < -0.3 is 14.8 Å². The van der Waals surface area contributed by atoms with Crippen molar-refractivity contribution >= 4 is 11.6 Å². The molecule has 6 heteroatoms. The van der Waals surface area contributed by atoms with Crippen LogP contribution in [0.25, 0.3) is 0 Å². The van der Waals surface area contributed by atoms with Crippen LogP contribution in [0.15, 0.2) is 24.5 Å². The summed E-state index contributed by atoms with van der Waals surface area (Å²) in [6.45, 7) is 6.66. The molecule has 0 spiro atoms. The van der Waals surface area contributed by atoms with Gasteiger partial charge in [-0.05, 0) is 31.0 Å². The molecule has 1 N–H and O–H groups in total. The highest BCUT2D eigenvalue weighted by Crippen LogP contribution is 2.36. The molecule has 0 aliphatic carbocycles. The molecule has 0 aliphatic rings. The fraction of sp³-hybridized carbons (Fsp3) is 0.471. The summed E-state index contributed by atoms with van der Waals surface area (Å²) >= 11 is 6.36. The second-order valence-electron chi connectivity index (χ2n) is 5.31. The lowest BCUT2D eigenvalue weighted by atomic mass is 10.2. The lowest BCUT2D eigenvalue weighted by Crippen LogP contribution is -2.12. The Hall–Kier alpha value is -1.72. The van der Waals surface area contributed by atoms with Gasteiger partial charge in [-0.15, -0.1) is 0 Å². The van der Waals surface area contributed by atoms with Crippen molar-refractivity contribution in [1.82, 2.24) is 15.1 Å². The molecule has 0 fully saturated rings. The number of aromatic nitrogens is 2. The van der Waals surface area contributed by atoms with Gasteiger partial charge >= 0.3 is 0 Å². The minimum Gasteiger partial charge on any atom is -0.490 e. The molecule has 1 aromatic heterocycles. The molecular weight excluding hydrogens is 314 g/mol. The summed E-state index contributed by atoms with van der Waals surface area (Å²) < 4.78 is 13.2. The van der Waals surface area contributed by atoms with E-state index in [9.17, 15) is 0 Å². The van der Waals surface area contributed by atoms with Gasteiger partial charge in [-0.1, -0.05) is 18.5 Å². The summed E-state index contributed by atoms with van der Waals surface area (Å²) in [6.07, 6.45) is 4.77. The maximum atomic E-state index is 6.36. The van der Waals surface area contributed by atoms with Crippen LogP contribution >= 0.6 is 11.6 Å². The van der Waals surface area contributed by atoms with Crippen LogP contribution in [0, 0.1) is 0 Å².